The number of aromatic nitrogens is 1. The average Bonchev–Trinajstić information content (AvgIpc) is 2.96. The zero-order chi connectivity index (χ0) is 19.5. The fourth-order valence-electron chi connectivity index (χ4n) is 2.22. The number of nitrogens with one attached hydrogen (secondary N) is 1. The van der Waals surface area contributed by atoms with Gasteiger partial charge in [-0.3, -0.25) is 9.59 Å². The van der Waals surface area contributed by atoms with E-state index in [-0.39, 0.29) is 24.0 Å². The largest absolute Gasteiger partial charge is 0.416 e. The van der Waals surface area contributed by atoms with Crippen LogP contribution >= 0.6 is 0 Å². The van der Waals surface area contributed by atoms with E-state index < -0.39 is 23.6 Å². The third-order valence-electron chi connectivity index (χ3n) is 3.55. The molecule has 0 unspecified atom stereocenters. The fraction of sp³-hybridized carbons (Fsp3) is 0.353. The van der Waals surface area contributed by atoms with Gasteiger partial charge >= 0.3 is 6.18 Å². The number of rotatable bonds is 5. The minimum atomic E-state index is -4.48. The highest BCUT2D eigenvalue weighted by Crippen LogP contribution is 2.29. The molecule has 2 aromatic rings. The Morgan fingerprint density at radius 1 is 1.23 bits per heavy atom. The van der Waals surface area contributed by atoms with Crippen LogP contribution in [0.3, 0.4) is 0 Å². The van der Waals surface area contributed by atoms with E-state index in [2.05, 4.69) is 10.5 Å². The summed E-state index contributed by atoms with van der Waals surface area (Å²) in [5, 5.41) is 6.12. The van der Waals surface area contributed by atoms with Crippen molar-refractivity contribution < 1.29 is 27.3 Å². The maximum atomic E-state index is 12.6. The number of carbonyl (C=O) groups is 2. The van der Waals surface area contributed by atoms with Crippen molar-refractivity contribution in [3.63, 3.8) is 0 Å². The monoisotopic (exact) mass is 369 g/mol. The van der Waals surface area contributed by atoms with Crippen molar-refractivity contribution >= 4 is 17.6 Å². The van der Waals surface area contributed by atoms with Gasteiger partial charge in [0, 0.05) is 17.7 Å². The molecule has 0 atom stereocenters. The van der Waals surface area contributed by atoms with Crippen LogP contribution in [0.4, 0.5) is 19.0 Å². The van der Waals surface area contributed by atoms with E-state index in [1.54, 1.807) is 20.8 Å². The van der Waals surface area contributed by atoms with Gasteiger partial charge in [-0.05, 0) is 45.0 Å². The summed E-state index contributed by atoms with van der Waals surface area (Å²) in [6.07, 6.45) is -4.48. The number of carbonyl (C=O) groups excluding carboxylic acids is 2. The molecule has 2 amide bonds. The summed E-state index contributed by atoms with van der Waals surface area (Å²) in [4.78, 5) is 25.9. The Labute approximate surface area is 148 Å². The smallest absolute Gasteiger partial charge is 0.360 e. The Kier molecular flexibility index (Phi) is 5.69. The number of halogens is 3. The second kappa shape index (κ2) is 7.59. The van der Waals surface area contributed by atoms with Crippen LogP contribution in [0, 0.1) is 6.92 Å². The lowest BCUT2D eigenvalue weighted by Crippen LogP contribution is -2.42. The van der Waals surface area contributed by atoms with Crippen molar-refractivity contribution in [2.45, 2.75) is 33.0 Å². The first-order chi connectivity index (χ1) is 12.1. The van der Waals surface area contributed by atoms with Crippen molar-refractivity contribution in [2.24, 2.45) is 0 Å². The Bertz CT molecular complexity index is 783. The lowest BCUT2D eigenvalue weighted by Gasteiger charge is -2.26. The predicted octanol–water partition coefficient (Wildman–Crippen LogP) is 3.49. The molecule has 6 nitrogen and oxygen atoms in total. The molecule has 140 valence electrons. The van der Waals surface area contributed by atoms with Gasteiger partial charge < -0.3 is 14.7 Å². The zero-order valence-electron chi connectivity index (χ0n) is 14.4. The lowest BCUT2D eigenvalue weighted by molar-refractivity contribution is -0.137. The second-order valence-electron chi connectivity index (χ2n) is 5.97. The summed E-state index contributed by atoms with van der Waals surface area (Å²) in [6.45, 7) is 4.80. The van der Waals surface area contributed by atoms with Crippen LogP contribution in [0.15, 0.2) is 34.9 Å². The van der Waals surface area contributed by atoms with Crippen LogP contribution < -0.4 is 5.32 Å². The molecule has 0 aliphatic rings. The highest BCUT2D eigenvalue weighted by atomic mass is 19.4. The zero-order valence-corrected chi connectivity index (χ0v) is 14.4. The van der Waals surface area contributed by atoms with Crippen LogP contribution in [-0.2, 0) is 11.0 Å². The van der Waals surface area contributed by atoms with Crippen LogP contribution in [0.5, 0.6) is 0 Å². The molecule has 0 spiro atoms. The number of benzene rings is 1. The van der Waals surface area contributed by atoms with Crippen LogP contribution in [0.25, 0.3) is 0 Å². The molecule has 0 radical (unpaired) electrons. The van der Waals surface area contributed by atoms with Gasteiger partial charge in [-0.1, -0.05) is 5.16 Å². The van der Waals surface area contributed by atoms with Crippen LogP contribution in [0.2, 0.25) is 0 Å². The molecule has 1 aromatic heterocycles. The Morgan fingerprint density at radius 3 is 2.31 bits per heavy atom. The summed E-state index contributed by atoms with van der Waals surface area (Å²) < 4.78 is 42.7. The van der Waals surface area contributed by atoms with Gasteiger partial charge in [0.1, 0.15) is 12.3 Å². The third-order valence-corrected chi connectivity index (χ3v) is 3.55. The molecular formula is C17H18F3N3O3. The topological polar surface area (TPSA) is 75.4 Å². The molecule has 0 aliphatic heterocycles. The average molecular weight is 369 g/mol. The first-order valence-corrected chi connectivity index (χ1v) is 7.79. The van der Waals surface area contributed by atoms with Gasteiger partial charge in [-0.25, -0.2) is 0 Å². The van der Waals surface area contributed by atoms with Gasteiger partial charge in [-0.15, -0.1) is 0 Å². The summed E-state index contributed by atoms with van der Waals surface area (Å²) in [5.74, 6) is -0.299. The van der Waals surface area contributed by atoms with Gasteiger partial charge in [0.2, 0.25) is 5.91 Å². The molecule has 0 bridgehead atoms. The number of anilines is 1. The van der Waals surface area contributed by atoms with Crippen molar-refractivity contribution in [1.29, 1.82) is 0 Å². The maximum absolute atomic E-state index is 12.6. The second-order valence-corrected chi connectivity index (χ2v) is 5.97. The number of hydrogen-bond donors (Lipinski definition) is 1. The van der Waals surface area contributed by atoms with E-state index in [1.807, 2.05) is 0 Å². The van der Waals surface area contributed by atoms with Crippen molar-refractivity contribution in [2.75, 3.05) is 11.9 Å². The molecule has 1 heterocycles. The minimum Gasteiger partial charge on any atom is -0.360 e. The van der Waals surface area contributed by atoms with E-state index in [9.17, 15) is 22.8 Å². The first-order valence-electron chi connectivity index (χ1n) is 7.79. The molecule has 0 saturated carbocycles. The summed E-state index contributed by atoms with van der Waals surface area (Å²) in [7, 11) is 0. The number of alkyl halides is 3. The van der Waals surface area contributed by atoms with E-state index >= 15 is 0 Å². The normalized spacial score (nSPS) is 11.5. The molecule has 0 saturated heterocycles. The predicted molar refractivity (Wildman–Crippen MR) is 87.5 cm³/mol. The van der Waals surface area contributed by atoms with Crippen molar-refractivity contribution in [3.05, 3.63) is 47.2 Å². The van der Waals surface area contributed by atoms with E-state index in [0.29, 0.717) is 5.76 Å². The minimum absolute atomic E-state index is 0.0665. The van der Waals surface area contributed by atoms with Crippen LogP contribution in [0.1, 0.15) is 35.5 Å². The molecule has 9 heteroatoms. The van der Waals surface area contributed by atoms with Gasteiger partial charge in [0.15, 0.2) is 5.82 Å². The highest BCUT2D eigenvalue weighted by Gasteiger charge is 2.30. The molecule has 2 rings (SSSR count). The van der Waals surface area contributed by atoms with E-state index in [1.165, 1.54) is 11.0 Å². The summed E-state index contributed by atoms with van der Waals surface area (Å²) in [5.41, 5.74) is -0.777. The Morgan fingerprint density at radius 2 is 1.85 bits per heavy atom. The number of aryl methyl sites for hydroxylation is 1. The quantitative estimate of drug-likeness (QED) is 0.875. The third kappa shape index (κ3) is 4.84. The summed E-state index contributed by atoms with van der Waals surface area (Å²) in [6, 6.07) is 5.05. The van der Waals surface area contributed by atoms with Gasteiger partial charge in [-0.2, -0.15) is 13.2 Å². The highest BCUT2D eigenvalue weighted by molar-refractivity contribution is 5.99. The van der Waals surface area contributed by atoms with Crippen molar-refractivity contribution in [1.82, 2.24) is 10.1 Å². The van der Waals surface area contributed by atoms with E-state index in [4.69, 9.17) is 4.52 Å². The molecule has 0 fully saturated rings. The Hall–Kier alpha value is -2.84. The van der Waals surface area contributed by atoms with Gasteiger partial charge in [0.05, 0.1) is 5.56 Å². The fourth-order valence-corrected chi connectivity index (χ4v) is 2.22. The number of hydrogen-bond acceptors (Lipinski definition) is 4. The molecule has 26 heavy (non-hydrogen) atoms. The number of nitrogens with zero attached hydrogens (tertiary/aromatic N) is 2. The van der Waals surface area contributed by atoms with E-state index in [0.717, 1.165) is 24.3 Å². The standard InChI is InChI=1S/C17H18F3N3O3/c1-10(2)23(9-15(24)21-14-8-11(3)26-22-14)16(25)12-4-6-13(7-5-12)17(18,19)20/h4-8,10H,9H2,1-3H3,(H,21,22,24). The first kappa shape index (κ1) is 19.5. The number of amides is 2. The van der Waals surface area contributed by atoms with Gasteiger partial charge in [0.25, 0.3) is 5.91 Å². The molecule has 0 aliphatic carbocycles. The van der Waals surface area contributed by atoms with Crippen molar-refractivity contribution in [3.8, 4) is 0 Å². The summed E-state index contributed by atoms with van der Waals surface area (Å²) >= 11 is 0. The molecule has 1 N–H and O–H groups in total. The lowest BCUT2D eigenvalue weighted by atomic mass is 10.1. The maximum Gasteiger partial charge on any atom is 0.416 e. The SMILES string of the molecule is Cc1cc(NC(=O)CN(C(=O)c2ccc(C(F)(F)F)cc2)C(C)C)no1. The Balaban J connectivity index is 2.10. The van der Waals surface area contributed by atoms with Crippen LogP contribution in [-0.4, -0.2) is 34.5 Å². The molecular weight excluding hydrogens is 351 g/mol. The molecule has 1 aromatic carbocycles.